The lowest BCUT2D eigenvalue weighted by Crippen LogP contribution is -1.99. The first-order chi connectivity index (χ1) is 12.7. The highest BCUT2D eigenvalue weighted by Crippen LogP contribution is 2.28. The van der Waals surface area contributed by atoms with Gasteiger partial charge in [0, 0.05) is 6.07 Å². The summed E-state index contributed by atoms with van der Waals surface area (Å²) in [6.07, 6.45) is 3.92. The van der Waals surface area contributed by atoms with E-state index in [0.717, 1.165) is 5.56 Å². The number of ether oxygens (including phenoxy) is 2. The van der Waals surface area contributed by atoms with Crippen molar-refractivity contribution in [2.75, 3.05) is 6.61 Å². The van der Waals surface area contributed by atoms with E-state index in [2.05, 4.69) is 0 Å². The van der Waals surface area contributed by atoms with Crippen LogP contribution in [0.2, 0.25) is 0 Å². The Balaban J connectivity index is 1.63. The fourth-order valence-corrected chi connectivity index (χ4v) is 2.38. The number of carboxylic acid groups (broad SMARTS) is 1. The van der Waals surface area contributed by atoms with Crippen LogP contribution in [0.25, 0.3) is 6.08 Å². The van der Waals surface area contributed by atoms with E-state index in [9.17, 15) is 9.90 Å². The first-order valence-electron chi connectivity index (χ1n) is 8.17. The van der Waals surface area contributed by atoms with Crippen molar-refractivity contribution in [1.82, 2.24) is 0 Å². The van der Waals surface area contributed by atoms with Crippen LogP contribution < -0.4 is 9.47 Å². The monoisotopic (exact) mass is 346 g/mol. The Morgan fingerprint density at radius 2 is 1.62 bits per heavy atom. The topological polar surface area (TPSA) is 55.8 Å². The number of hydrogen-bond acceptors (Lipinski definition) is 3. The summed E-state index contributed by atoms with van der Waals surface area (Å²) < 4.78 is 11.4. The van der Waals surface area contributed by atoms with Gasteiger partial charge in [0.2, 0.25) is 0 Å². The average molecular weight is 346 g/mol. The molecule has 0 aromatic heterocycles. The van der Waals surface area contributed by atoms with Gasteiger partial charge in [0.15, 0.2) is 0 Å². The molecule has 3 rings (SSSR count). The Morgan fingerprint density at radius 1 is 0.885 bits per heavy atom. The Hall–Kier alpha value is -3.53. The summed E-state index contributed by atoms with van der Waals surface area (Å²) in [5.74, 6) is 0.427. The van der Waals surface area contributed by atoms with Gasteiger partial charge in [0.25, 0.3) is 0 Å². The molecule has 0 aliphatic carbocycles. The summed E-state index contributed by atoms with van der Waals surface area (Å²) in [4.78, 5) is 11.3. The molecule has 0 bridgehead atoms. The third-order valence-electron chi connectivity index (χ3n) is 3.61. The average Bonchev–Trinajstić information content (AvgIpc) is 2.67. The zero-order chi connectivity index (χ0) is 18.2. The van der Waals surface area contributed by atoms with Gasteiger partial charge in [-0.25, -0.2) is 4.79 Å². The highest BCUT2D eigenvalue weighted by Gasteiger charge is 2.11. The van der Waals surface area contributed by atoms with Crippen molar-refractivity contribution in [2.24, 2.45) is 0 Å². The minimum absolute atomic E-state index is 0.115. The summed E-state index contributed by atoms with van der Waals surface area (Å²) in [6, 6.07) is 23.6. The van der Waals surface area contributed by atoms with Gasteiger partial charge in [-0.15, -0.1) is 0 Å². The normalized spacial score (nSPS) is 10.6. The number of para-hydroxylation sites is 1. The lowest BCUT2D eigenvalue weighted by atomic mass is 10.2. The molecule has 26 heavy (non-hydrogen) atoms. The lowest BCUT2D eigenvalue weighted by molar-refractivity contribution is 0.0694. The van der Waals surface area contributed by atoms with Gasteiger partial charge in [0.1, 0.15) is 29.4 Å². The van der Waals surface area contributed by atoms with Crippen molar-refractivity contribution < 1.29 is 19.4 Å². The van der Waals surface area contributed by atoms with Crippen molar-refractivity contribution in [1.29, 1.82) is 0 Å². The zero-order valence-electron chi connectivity index (χ0n) is 14.0. The Kier molecular flexibility index (Phi) is 5.68. The summed E-state index contributed by atoms with van der Waals surface area (Å²) in [5, 5.41) is 9.22. The fraction of sp³-hybridized carbons (Fsp3) is 0.0455. The number of carboxylic acids is 1. The maximum atomic E-state index is 11.3. The molecule has 0 saturated heterocycles. The Labute approximate surface area is 151 Å². The number of aromatic carboxylic acids is 1. The standard InChI is InChI=1S/C22H18O4/c23-22(24)20-13-4-5-14-21(20)26-19-12-6-11-18(16-19)25-15-7-10-17-8-2-1-3-9-17/h1-14,16H,15H2,(H,23,24). The molecule has 0 spiro atoms. The second-order valence-corrected chi connectivity index (χ2v) is 5.50. The molecule has 0 fully saturated rings. The molecule has 0 atom stereocenters. The van der Waals surface area contributed by atoms with Gasteiger partial charge in [-0.1, -0.05) is 54.6 Å². The van der Waals surface area contributed by atoms with Crippen molar-refractivity contribution in [3.05, 3.63) is 96.1 Å². The number of hydrogen-bond donors (Lipinski definition) is 1. The van der Waals surface area contributed by atoms with Crippen LogP contribution in [0.15, 0.2) is 84.9 Å². The lowest BCUT2D eigenvalue weighted by Gasteiger charge is -2.10. The minimum Gasteiger partial charge on any atom is -0.489 e. The second-order valence-electron chi connectivity index (χ2n) is 5.50. The van der Waals surface area contributed by atoms with Gasteiger partial charge >= 0.3 is 5.97 Å². The summed E-state index contributed by atoms with van der Waals surface area (Å²) in [5.41, 5.74) is 1.23. The molecule has 0 aliphatic rings. The molecule has 0 heterocycles. The van der Waals surface area contributed by atoms with Crippen LogP contribution in [0.3, 0.4) is 0 Å². The predicted molar refractivity (Wildman–Crippen MR) is 101 cm³/mol. The van der Waals surface area contributed by atoms with Crippen molar-refractivity contribution in [3.63, 3.8) is 0 Å². The largest absolute Gasteiger partial charge is 0.489 e. The first-order valence-corrected chi connectivity index (χ1v) is 8.17. The molecule has 1 N–H and O–H groups in total. The zero-order valence-corrected chi connectivity index (χ0v) is 14.0. The van der Waals surface area contributed by atoms with E-state index in [1.807, 2.05) is 48.6 Å². The highest BCUT2D eigenvalue weighted by molar-refractivity contribution is 5.90. The van der Waals surface area contributed by atoms with Gasteiger partial charge in [0.05, 0.1) is 0 Å². The van der Waals surface area contributed by atoms with Crippen LogP contribution in [-0.2, 0) is 0 Å². The van der Waals surface area contributed by atoms with E-state index in [4.69, 9.17) is 9.47 Å². The van der Waals surface area contributed by atoms with Crippen molar-refractivity contribution >= 4 is 12.0 Å². The Morgan fingerprint density at radius 3 is 2.42 bits per heavy atom. The van der Waals surface area contributed by atoms with E-state index in [0.29, 0.717) is 23.9 Å². The summed E-state index contributed by atoms with van der Waals surface area (Å²) in [6.45, 7) is 0.421. The SMILES string of the molecule is O=C(O)c1ccccc1Oc1cccc(OCC=Cc2ccccc2)c1. The number of benzene rings is 3. The van der Waals surface area contributed by atoms with Gasteiger partial charge in [-0.05, 0) is 35.9 Å². The Bertz CT molecular complexity index is 901. The summed E-state index contributed by atoms with van der Waals surface area (Å²) >= 11 is 0. The molecular weight excluding hydrogens is 328 g/mol. The minimum atomic E-state index is -1.03. The van der Waals surface area contributed by atoms with Crippen LogP contribution in [-0.4, -0.2) is 17.7 Å². The molecule has 0 aliphatic heterocycles. The molecule has 3 aromatic carbocycles. The van der Waals surface area contributed by atoms with Gasteiger partial charge in [-0.2, -0.15) is 0 Å². The molecule has 0 radical (unpaired) electrons. The van der Waals surface area contributed by atoms with E-state index in [1.165, 1.54) is 6.07 Å². The maximum Gasteiger partial charge on any atom is 0.339 e. The quantitative estimate of drug-likeness (QED) is 0.633. The van der Waals surface area contributed by atoms with E-state index in [1.54, 1.807) is 36.4 Å². The second kappa shape index (κ2) is 8.53. The molecule has 0 amide bonds. The van der Waals surface area contributed by atoms with E-state index < -0.39 is 5.97 Å². The fourth-order valence-electron chi connectivity index (χ4n) is 2.38. The van der Waals surface area contributed by atoms with Crippen molar-refractivity contribution in [3.8, 4) is 17.2 Å². The predicted octanol–water partition coefficient (Wildman–Crippen LogP) is 5.27. The third-order valence-corrected chi connectivity index (χ3v) is 3.61. The number of carbonyl (C=O) groups is 1. The third kappa shape index (κ3) is 4.74. The van der Waals surface area contributed by atoms with E-state index in [-0.39, 0.29) is 5.56 Å². The first kappa shape index (κ1) is 17.3. The molecule has 3 aromatic rings. The summed E-state index contributed by atoms with van der Waals surface area (Å²) in [7, 11) is 0. The molecule has 4 nitrogen and oxygen atoms in total. The maximum absolute atomic E-state index is 11.3. The van der Waals surface area contributed by atoms with Crippen LogP contribution in [0.5, 0.6) is 17.2 Å². The smallest absolute Gasteiger partial charge is 0.339 e. The highest BCUT2D eigenvalue weighted by atomic mass is 16.5. The van der Waals surface area contributed by atoms with Crippen LogP contribution in [0.1, 0.15) is 15.9 Å². The van der Waals surface area contributed by atoms with E-state index >= 15 is 0 Å². The molecule has 130 valence electrons. The van der Waals surface area contributed by atoms with Crippen LogP contribution in [0, 0.1) is 0 Å². The van der Waals surface area contributed by atoms with Crippen LogP contribution >= 0.6 is 0 Å². The van der Waals surface area contributed by atoms with Crippen molar-refractivity contribution in [2.45, 2.75) is 0 Å². The molecular formula is C22H18O4. The van der Waals surface area contributed by atoms with Gasteiger partial charge in [-0.3, -0.25) is 0 Å². The number of rotatable bonds is 7. The molecule has 4 heteroatoms. The van der Waals surface area contributed by atoms with Gasteiger partial charge < -0.3 is 14.6 Å². The molecule has 0 saturated carbocycles. The molecule has 0 unspecified atom stereocenters. The van der Waals surface area contributed by atoms with Crippen LogP contribution in [0.4, 0.5) is 0 Å².